The van der Waals surface area contributed by atoms with Gasteiger partial charge in [0.1, 0.15) is 12.2 Å². The van der Waals surface area contributed by atoms with E-state index in [1.807, 2.05) is 30.6 Å². The Labute approximate surface area is 112 Å². The molecule has 2 heterocycles. The number of nitriles is 1. The Morgan fingerprint density at radius 3 is 2.82 bits per heavy atom. The standard InChI is InChI=1S/C11H9BrN4S/c1-16(5-4-13)11-3-2-9(14-15-11)10-6-8(12)7-17-10/h2-3,6-7H,5H2,1H3. The lowest BCUT2D eigenvalue weighted by Gasteiger charge is -2.12. The van der Waals surface area contributed by atoms with Gasteiger partial charge in [-0.15, -0.1) is 21.5 Å². The average Bonchev–Trinajstić information content (AvgIpc) is 2.76. The van der Waals surface area contributed by atoms with Crippen molar-refractivity contribution in [3.63, 3.8) is 0 Å². The molecule has 17 heavy (non-hydrogen) atoms. The van der Waals surface area contributed by atoms with Gasteiger partial charge in [0.05, 0.1) is 10.9 Å². The second-order valence-corrected chi connectivity index (χ2v) is 5.25. The zero-order chi connectivity index (χ0) is 12.3. The molecule has 0 aliphatic carbocycles. The van der Waals surface area contributed by atoms with Crippen LogP contribution >= 0.6 is 27.3 Å². The van der Waals surface area contributed by atoms with Crippen LogP contribution in [0, 0.1) is 11.3 Å². The van der Waals surface area contributed by atoms with Crippen molar-refractivity contribution in [2.45, 2.75) is 0 Å². The maximum Gasteiger partial charge on any atom is 0.151 e. The normalized spacial score (nSPS) is 9.94. The molecule has 0 unspecified atom stereocenters. The predicted molar refractivity (Wildman–Crippen MR) is 71.9 cm³/mol. The van der Waals surface area contributed by atoms with Gasteiger partial charge in [-0.05, 0) is 34.1 Å². The molecule has 4 nitrogen and oxygen atoms in total. The number of nitrogens with zero attached hydrogens (tertiary/aromatic N) is 4. The minimum atomic E-state index is 0.304. The predicted octanol–water partition coefficient (Wildman–Crippen LogP) is 2.93. The van der Waals surface area contributed by atoms with Gasteiger partial charge < -0.3 is 4.90 Å². The van der Waals surface area contributed by atoms with Gasteiger partial charge in [-0.25, -0.2) is 0 Å². The Balaban J connectivity index is 2.21. The van der Waals surface area contributed by atoms with Crippen LogP contribution in [0.1, 0.15) is 0 Å². The topological polar surface area (TPSA) is 52.8 Å². The van der Waals surface area contributed by atoms with Gasteiger partial charge in [0.2, 0.25) is 0 Å². The Morgan fingerprint density at radius 1 is 1.47 bits per heavy atom. The molecular weight excluding hydrogens is 300 g/mol. The fourth-order valence-corrected chi connectivity index (χ4v) is 2.69. The zero-order valence-electron chi connectivity index (χ0n) is 9.09. The van der Waals surface area contributed by atoms with E-state index in [4.69, 9.17) is 5.26 Å². The van der Waals surface area contributed by atoms with E-state index in [1.54, 1.807) is 16.2 Å². The quantitative estimate of drug-likeness (QED) is 0.818. The Kier molecular flexibility index (Phi) is 3.71. The summed E-state index contributed by atoms with van der Waals surface area (Å²) >= 11 is 5.02. The van der Waals surface area contributed by atoms with Crippen LogP contribution < -0.4 is 4.90 Å². The van der Waals surface area contributed by atoms with Crippen LogP contribution in [0.3, 0.4) is 0 Å². The van der Waals surface area contributed by atoms with Gasteiger partial charge >= 0.3 is 0 Å². The fraction of sp³-hybridized carbons (Fsp3) is 0.182. The van der Waals surface area contributed by atoms with Crippen LogP contribution in [-0.2, 0) is 0 Å². The van der Waals surface area contributed by atoms with Crippen LogP contribution in [-0.4, -0.2) is 23.8 Å². The summed E-state index contributed by atoms with van der Waals surface area (Å²) in [4.78, 5) is 2.82. The highest BCUT2D eigenvalue weighted by Crippen LogP contribution is 2.28. The van der Waals surface area contributed by atoms with E-state index in [-0.39, 0.29) is 0 Å². The van der Waals surface area contributed by atoms with Crippen molar-refractivity contribution in [1.82, 2.24) is 10.2 Å². The number of hydrogen-bond donors (Lipinski definition) is 0. The highest BCUT2D eigenvalue weighted by atomic mass is 79.9. The Morgan fingerprint density at radius 2 is 2.29 bits per heavy atom. The van der Waals surface area contributed by atoms with Gasteiger partial charge in [0.15, 0.2) is 5.82 Å². The van der Waals surface area contributed by atoms with Crippen molar-refractivity contribution in [2.24, 2.45) is 0 Å². The summed E-state index contributed by atoms with van der Waals surface area (Å²) in [5.41, 5.74) is 0.842. The molecule has 0 aliphatic heterocycles. The van der Waals surface area contributed by atoms with Crippen LogP contribution in [0.2, 0.25) is 0 Å². The van der Waals surface area contributed by atoms with Crippen LogP contribution in [0.25, 0.3) is 10.6 Å². The molecule has 2 aromatic rings. The molecule has 0 bridgehead atoms. The van der Waals surface area contributed by atoms with Crippen molar-refractivity contribution >= 4 is 33.1 Å². The monoisotopic (exact) mass is 308 g/mol. The number of anilines is 1. The summed E-state index contributed by atoms with van der Waals surface area (Å²) in [5, 5.41) is 18.8. The molecule has 0 fully saturated rings. The van der Waals surface area contributed by atoms with E-state index in [2.05, 4.69) is 32.2 Å². The highest BCUT2D eigenvalue weighted by molar-refractivity contribution is 9.10. The molecule has 6 heteroatoms. The number of hydrogen-bond acceptors (Lipinski definition) is 5. The van der Waals surface area contributed by atoms with Gasteiger partial charge in [-0.1, -0.05) is 0 Å². The van der Waals surface area contributed by atoms with Crippen LogP contribution in [0.4, 0.5) is 5.82 Å². The number of aromatic nitrogens is 2. The molecule has 0 aromatic carbocycles. The summed E-state index contributed by atoms with van der Waals surface area (Å²) in [6.07, 6.45) is 0. The molecule has 0 radical (unpaired) electrons. The van der Waals surface area contributed by atoms with Gasteiger partial charge in [0.25, 0.3) is 0 Å². The molecule has 2 aromatic heterocycles. The van der Waals surface area contributed by atoms with Crippen LogP contribution in [0.15, 0.2) is 28.1 Å². The SMILES string of the molecule is CN(CC#N)c1ccc(-c2cc(Br)cs2)nn1. The lowest BCUT2D eigenvalue weighted by atomic mass is 10.3. The summed E-state index contributed by atoms with van der Waals surface area (Å²) in [6, 6.07) is 7.86. The van der Waals surface area contributed by atoms with E-state index in [0.29, 0.717) is 12.4 Å². The Hall–Kier alpha value is -1.45. The van der Waals surface area contributed by atoms with Gasteiger partial charge in [-0.3, -0.25) is 0 Å². The van der Waals surface area contributed by atoms with E-state index >= 15 is 0 Å². The molecule has 86 valence electrons. The number of rotatable bonds is 3. The molecule has 0 N–H and O–H groups in total. The third-order valence-electron chi connectivity index (χ3n) is 2.17. The fourth-order valence-electron chi connectivity index (χ4n) is 1.29. The summed E-state index contributed by atoms with van der Waals surface area (Å²) in [7, 11) is 1.81. The van der Waals surface area contributed by atoms with Gasteiger partial charge in [0, 0.05) is 16.9 Å². The molecule has 0 spiro atoms. The lowest BCUT2D eigenvalue weighted by molar-refractivity contribution is 0.935. The lowest BCUT2D eigenvalue weighted by Crippen LogP contribution is -2.18. The van der Waals surface area contributed by atoms with E-state index in [1.165, 1.54) is 0 Å². The number of thiophene rings is 1. The van der Waals surface area contributed by atoms with E-state index < -0.39 is 0 Å². The maximum absolute atomic E-state index is 8.59. The minimum absolute atomic E-state index is 0.304. The molecule has 2 rings (SSSR count). The van der Waals surface area contributed by atoms with E-state index in [0.717, 1.165) is 15.0 Å². The molecule has 0 saturated heterocycles. The number of halogens is 1. The third-order valence-corrected chi connectivity index (χ3v) is 3.88. The molecule has 0 aliphatic rings. The first-order valence-corrected chi connectivity index (χ1v) is 6.54. The zero-order valence-corrected chi connectivity index (χ0v) is 11.5. The highest BCUT2D eigenvalue weighted by Gasteiger charge is 2.06. The van der Waals surface area contributed by atoms with Crippen molar-refractivity contribution < 1.29 is 0 Å². The summed E-state index contributed by atoms with van der Waals surface area (Å²) in [5.74, 6) is 0.700. The molecule has 0 atom stereocenters. The smallest absolute Gasteiger partial charge is 0.151 e. The third kappa shape index (κ3) is 2.81. The first-order chi connectivity index (χ1) is 8.20. The second-order valence-electron chi connectivity index (χ2n) is 3.42. The van der Waals surface area contributed by atoms with E-state index in [9.17, 15) is 0 Å². The maximum atomic E-state index is 8.59. The first-order valence-electron chi connectivity index (χ1n) is 4.87. The van der Waals surface area contributed by atoms with Gasteiger partial charge in [-0.2, -0.15) is 5.26 Å². The molecule has 0 saturated carbocycles. The summed E-state index contributed by atoms with van der Waals surface area (Å²) < 4.78 is 1.05. The van der Waals surface area contributed by atoms with Crippen molar-refractivity contribution in [1.29, 1.82) is 5.26 Å². The molecular formula is C11H9BrN4S. The van der Waals surface area contributed by atoms with Crippen molar-refractivity contribution in [3.8, 4) is 16.6 Å². The second kappa shape index (κ2) is 5.25. The van der Waals surface area contributed by atoms with Crippen molar-refractivity contribution in [2.75, 3.05) is 18.5 Å². The van der Waals surface area contributed by atoms with Crippen LogP contribution in [0.5, 0.6) is 0 Å². The molecule has 0 amide bonds. The Bertz CT molecular complexity index is 543. The minimum Gasteiger partial charge on any atom is -0.345 e. The largest absolute Gasteiger partial charge is 0.345 e. The van der Waals surface area contributed by atoms with Crippen molar-refractivity contribution in [3.05, 3.63) is 28.1 Å². The first kappa shape index (κ1) is 12.0. The summed E-state index contributed by atoms with van der Waals surface area (Å²) in [6.45, 7) is 0.304. The average molecular weight is 309 g/mol.